The number of carbonyl (C=O) groups is 1. The van der Waals surface area contributed by atoms with Crippen LogP contribution in [0.3, 0.4) is 0 Å². The third-order valence-electron chi connectivity index (χ3n) is 5.47. The van der Waals surface area contributed by atoms with E-state index in [1.165, 1.54) is 0 Å². The number of carbonyl (C=O) groups excluding carboxylic acids is 1. The van der Waals surface area contributed by atoms with Crippen LogP contribution < -0.4 is 14.8 Å². The Kier molecular flexibility index (Phi) is 5.82. The minimum atomic E-state index is -0.241. The first-order valence-electron chi connectivity index (χ1n) is 11.1. The number of rotatable bonds is 7. The van der Waals surface area contributed by atoms with Crippen LogP contribution in [0.2, 0.25) is 0 Å². The van der Waals surface area contributed by atoms with Crippen LogP contribution in [0, 0.1) is 6.92 Å². The van der Waals surface area contributed by atoms with Crippen LogP contribution in [-0.4, -0.2) is 34.1 Å². The Morgan fingerprint density at radius 3 is 2.32 bits per heavy atom. The molecule has 7 heteroatoms. The van der Waals surface area contributed by atoms with Gasteiger partial charge in [0.05, 0.1) is 12.3 Å². The van der Waals surface area contributed by atoms with Gasteiger partial charge in [-0.15, -0.1) is 10.2 Å². The SMILES string of the molecule is CCOc1ccc(-n2nc3cc(C)c(NC(=O)COc4ccc5ccccc5c4)cc3n2)cc1. The molecule has 1 N–H and O–H groups in total. The summed E-state index contributed by atoms with van der Waals surface area (Å²) in [4.78, 5) is 14.1. The van der Waals surface area contributed by atoms with Crippen molar-refractivity contribution in [2.45, 2.75) is 13.8 Å². The number of anilines is 1. The van der Waals surface area contributed by atoms with Crippen molar-refractivity contribution in [3.05, 3.63) is 84.4 Å². The predicted octanol–water partition coefficient (Wildman–Crippen LogP) is 5.30. The molecule has 0 atom stereocenters. The molecule has 1 heterocycles. The molecular weight excluding hydrogens is 428 g/mol. The minimum Gasteiger partial charge on any atom is -0.494 e. The first-order valence-corrected chi connectivity index (χ1v) is 11.1. The summed E-state index contributed by atoms with van der Waals surface area (Å²) in [6, 6.07) is 25.1. The third kappa shape index (κ3) is 4.54. The van der Waals surface area contributed by atoms with Gasteiger partial charge in [-0.25, -0.2) is 0 Å². The molecule has 1 amide bonds. The molecule has 7 nitrogen and oxygen atoms in total. The highest BCUT2D eigenvalue weighted by molar-refractivity contribution is 5.95. The highest BCUT2D eigenvalue weighted by Crippen LogP contribution is 2.24. The van der Waals surface area contributed by atoms with E-state index in [1.54, 1.807) is 4.80 Å². The Bertz CT molecular complexity index is 1480. The molecule has 5 rings (SSSR count). The first kappa shape index (κ1) is 21.5. The Morgan fingerprint density at radius 2 is 1.56 bits per heavy atom. The van der Waals surface area contributed by atoms with Crippen LogP contribution in [0.1, 0.15) is 12.5 Å². The fraction of sp³-hybridized carbons (Fsp3) is 0.148. The maximum atomic E-state index is 12.6. The van der Waals surface area contributed by atoms with Crippen LogP contribution in [0.4, 0.5) is 5.69 Å². The van der Waals surface area contributed by atoms with Crippen LogP contribution in [0.15, 0.2) is 78.9 Å². The second kappa shape index (κ2) is 9.23. The Labute approximate surface area is 196 Å². The lowest BCUT2D eigenvalue weighted by Gasteiger charge is -2.10. The summed E-state index contributed by atoms with van der Waals surface area (Å²) in [5.41, 5.74) is 3.83. The number of fused-ring (bicyclic) bond motifs is 2. The van der Waals surface area contributed by atoms with E-state index in [4.69, 9.17) is 9.47 Å². The molecule has 0 aliphatic rings. The number of aromatic nitrogens is 3. The van der Waals surface area contributed by atoms with E-state index in [1.807, 2.05) is 92.7 Å². The van der Waals surface area contributed by atoms with Crippen molar-refractivity contribution in [3.63, 3.8) is 0 Å². The lowest BCUT2D eigenvalue weighted by atomic mass is 10.1. The average Bonchev–Trinajstić information content (AvgIpc) is 3.26. The van der Waals surface area contributed by atoms with Crippen LogP contribution in [-0.2, 0) is 4.79 Å². The van der Waals surface area contributed by atoms with Gasteiger partial charge in [-0.3, -0.25) is 4.79 Å². The fourth-order valence-corrected chi connectivity index (χ4v) is 3.75. The van der Waals surface area contributed by atoms with Crippen molar-refractivity contribution in [3.8, 4) is 17.2 Å². The van der Waals surface area contributed by atoms with E-state index in [0.717, 1.165) is 33.3 Å². The molecule has 5 aromatic rings. The van der Waals surface area contributed by atoms with Gasteiger partial charge in [-0.1, -0.05) is 30.3 Å². The van der Waals surface area contributed by atoms with E-state index in [-0.39, 0.29) is 12.5 Å². The van der Waals surface area contributed by atoms with Crippen LogP contribution >= 0.6 is 0 Å². The second-order valence-corrected chi connectivity index (χ2v) is 7.92. The first-order chi connectivity index (χ1) is 16.6. The Balaban J connectivity index is 1.29. The zero-order valence-electron chi connectivity index (χ0n) is 19.0. The maximum absolute atomic E-state index is 12.6. The number of ether oxygens (including phenoxy) is 2. The summed E-state index contributed by atoms with van der Waals surface area (Å²) >= 11 is 0. The number of nitrogens with one attached hydrogen (secondary N) is 1. The van der Waals surface area contributed by atoms with Gasteiger partial charge in [0.15, 0.2) is 6.61 Å². The minimum absolute atomic E-state index is 0.0886. The van der Waals surface area contributed by atoms with Gasteiger partial charge >= 0.3 is 0 Å². The molecule has 4 aromatic carbocycles. The zero-order chi connectivity index (χ0) is 23.5. The highest BCUT2D eigenvalue weighted by atomic mass is 16.5. The molecule has 0 spiro atoms. The fourth-order valence-electron chi connectivity index (χ4n) is 3.75. The van der Waals surface area contributed by atoms with E-state index in [9.17, 15) is 4.79 Å². The standard InChI is InChI=1S/C27H24N4O3/c1-3-33-22-12-9-21(10-13-22)31-29-25-14-18(2)24(16-26(25)30-31)28-27(32)17-34-23-11-8-19-6-4-5-7-20(19)15-23/h4-16H,3,17H2,1-2H3,(H,28,32). The highest BCUT2D eigenvalue weighted by Gasteiger charge is 2.11. The second-order valence-electron chi connectivity index (χ2n) is 7.92. The topological polar surface area (TPSA) is 78.3 Å². The molecule has 170 valence electrons. The smallest absolute Gasteiger partial charge is 0.262 e. The largest absolute Gasteiger partial charge is 0.494 e. The Morgan fingerprint density at radius 1 is 0.853 bits per heavy atom. The van der Waals surface area contributed by atoms with Gasteiger partial charge in [0.25, 0.3) is 5.91 Å². The van der Waals surface area contributed by atoms with Crippen molar-refractivity contribution in [2.75, 3.05) is 18.5 Å². The van der Waals surface area contributed by atoms with E-state index >= 15 is 0 Å². The summed E-state index contributed by atoms with van der Waals surface area (Å²) in [5, 5.41) is 14.3. The van der Waals surface area contributed by atoms with Crippen molar-refractivity contribution in [1.82, 2.24) is 15.0 Å². The number of nitrogens with zero attached hydrogens (tertiary/aromatic N) is 3. The molecule has 0 unspecified atom stereocenters. The molecular formula is C27H24N4O3. The van der Waals surface area contributed by atoms with Gasteiger partial charge in [0.2, 0.25) is 0 Å². The van der Waals surface area contributed by atoms with E-state index in [0.29, 0.717) is 23.6 Å². The normalized spacial score (nSPS) is 11.0. The molecule has 0 aliphatic heterocycles. The van der Waals surface area contributed by atoms with Gasteiger partial charge in [0, 0.05) is 5.69 Å². The van der Waals surface area contributed by atoms with Crippen molar-refractivity contribution < 1.29 is 14.3 Å². The average molecular weight is 453 g/mol. The summed E-state index contributed by atoms with van der Waals surface area (Å²) in [6.45, 7) is 4.40. The Hall–Kier alpha value is -4.39. The lowest BCUT2D eigenvalue weighted by Crippen LogP contribution is -2.20. The third-order valence-corrected chi connectivity index (χ3v) is 5.47. The molecule has 0 saturated heterocycles. The van der Waals surface area contributed by atoms with E-state index in [2.05, 4.69) is 15.5 Å². The molecule has 0 bridgehead atoms. The van der Waals surface area contributed by atoms with Gasteiger partial charge in [-0.05, 0) is 78.7 Å². The van der Waals surface area contributed by atoms with Gasteiger partial charge in [0.1, 0.15) is 22.5 Å². The van der Waals surface area contributed by atoms with Crippen LogP contribution in [0.25, 0.3) is 27.5 Å². The summed E-state index contributed by atoms with van der Waals surface area (Å²) in [7, 11) is 0. The number of hydrogen-bond acceptors (Lipinski definition) is 5. The van der Waals surface area contributed by atoms with Crippen molar-refractivity contribution in [2.24, 2.45) is 0 Å². The number of amides is 1. The van der Waals surface area contributed by atoms with Crippen molar-refractivity contribution >= 4 is 33.4 Å². The molecule has 0 aliphatic carbocycles. The van der Waals surface area contributed by atoms with Gasteiger partial charge in [-0.2, -0.15) is 4.80 Å². The number of aryl methyl sites for hydroxylation is 1. The van der Waals surface area contributed by atoms with E-state index < -0.39 is 0 Å². The lowest BCUT2D eigenvalue weighted by molar-refractivity contribution is -0.118. The summed E-state index contributed by atoms with van der Waals surface area (Å²) in [5.74, 6) is 1.21. The molecule has 34 heavy (non-hydrogen) atoms. The summed E-state index contributed by atoms with van der Waals surface area (Å²) < 4.78 is 11.2. The quantitative estimate of drug-likeness (QED) is 0.363. The van der Waals surface area contributed by atoms with Crippen LogP contribution in [0.5, 0.6) is 11.5 Å². The van der Waals surface area contributed by atoms with Gasteiger partial charge < -0.3 is 14.8 Å². The molecule has 0 fully saturated rings. The number of hydrogen-bond donors (Lipinski definition) is 1. The molecule has 0 saturated carbocycles. The molecule has 0 radical (unpaired) electrons. The molecule has 1 aromatic heterocycles. The van der Waals surface area contributed by atoms with Crippen molar-refractivity contribution in [1.29, 1.82) is 0 Å². The number of benzene rings is 4. The summed E-state index contributed by atoms with van der Waals surface area (Å²) in [6.07, 6.45) is 0. The zero-order valence-corrected chi connectivity index (χ0v) is 19.0. The predicted molar refractivity (Wildman–Crippen MR) is 133 cm³/mol. The monoisotopic (exact) mass is 452 g/mol. The maximum Gasteiger partial charge on any atom is 0.262 e.